The summed E-state index contributed by atoms with van der Waals surface area (Å²) in [6.07, 6.45) is 0.0467. The predicted octanol–water partition coefficient (Wildman–Crippen LogP) is 3.32. The van der Waals surface area contributed by atoms with E-state index in [4.69, 9.17) is 0 Å². The molecule has 0 radical (unpaired) electrons. The Morgan fingerprint density at radius 3 is 2.43 bits per heavy atom. The van der Waals surface area contributed by atoms with Crippen LogP contribution in [0.15, 0.2) is 36.4 Å². The zero-order valence-corrected chi connectivity index (χ0v) is 13.3. The molecular formula is C19H20FNO2. The molecular weight excluding hydrogens is 293 g/mol. The Hall–Kier alpha value is -2.20. The van der Waals surface area contributed by atoms with Crippen molar-refractivity contribution >= 4 is 5.91 Å². The van der Waals surface area contributed by atoms with Crippen molar-refractivity contribution in [3.05, 3.63) is 58.9 Å². The number of rotatable bonds is 2. The van der Waals surface area contributed by atoms with E-state index in [-0.39, 0.29) is 18.0 Å². The molecule has 2 aromatic rings. The van der Waals surface area contributed by atoms with Crippen molar-refractivity contribution in [2.45, 2.75) is 26.4 Å². The summed E-state index contributed by atoms with van der Waals surface area (Å²) >= 11 is 0. The number of nitrogens with zero attached hydrogens (tertiary/aromatic N) is 1. The molecule has 3 nitrogen and oxygen atoms in total. The van der Waals surface area contributed by atoms with Gasteiger partial charge in [-0.05, 0) is 54.7 Å². The monoisotopic (exact) mass is 313 g/mol. The van der Waals surface area contributed by atoms with Crippen molar-refractivity contribution in [3.8, 4) is 11.1 Å². The van der Waals surface area contributed by atoms with E-state index in [2.05, 4.69) is 0 Å². The lowest BCUT2D eigenvalue weighted by molar-refractivity contribution is 0.0760. The minimum atomic E-state index is -0.521. The summed E-state index contributed by atoms with van der Waals surface area (Å²) in [5.41, 5.74) is 4.08. The van der Waals surface area contributed by atoms with Crippen LogP contribution < -0.4 is 0 Å². The van der Waals surface area contributed by atoms with Gasteiger partial charge in [-0.15, -0.1) is 0 Å². The summed E-state index contributed by atoms with van der Waals surface area (Å²) in [6.45, 7) is 4.80. The normalized spacial score (nSPS) is 17.6. The van der Waals surface area contributed by atoms with Crippen LogP contribution in [0.3, 0.4) is 0 Å². The van der Waals surface area contributed by atoms with Crippen LogP contribution in [0.2, 0.25) is 0 Å². The number of amides is 1. The number of halogens is 1. The van der Waals surface area contributed by atoms with E-state index in [0.717, 1.165) is 16.7 Å². The molecule has 4 heteroatoms. The van der Waals surface area contributed by atoms with Gasteiger partial charge in [0.2, 0.25) is 0 Å². The molecule has 1 aliphatic rings. The fourth-order valence-electron chi connectivity index (χ4n) is 2.89. The third-order valence-corrected chi connectivity index (χ3v) is 4.49. The van der Waals surface area contributed by atoms with Crippen LogP contribution in [0.4, 0.5) is 4.39 Å². The molecule has 3 rings (SSSR count). The van der Waals surface area contributed by atoms with E-state index in [1.165, 1.54) is 22.6 Å². The topological polar surface area (TPSA) is 40.5 Å². The first kappa shape index (κ1) is 15.7. The van der Waals surface area contributed by atoms with Crippen molar-refractivity contribution < 1.29 is 14.3 Å². The largest absolute Gasteiger partial charge is 0.391 e. The van der Waals surface area contributed by atoms with Crippen molar-refractivity contribution in [2.24, 2.45) is 0 Å². The molecule has 1 amide bonds. The van der Waals surface area contributed by atoms with Gasteiger partial charge in [0.05, 0.1) is 11.7 Å². The van der Waals surface area contributed by atoms with Gasteiger partial charge in [-0.3, -0.25) is 4.79 Å². The zero-order chi connectivity index (χ0) is 16.6. The number of benzene rings is 2. The van der Waals surface area contributed by atoms with E-state index in [0.29, 0.717) is 13.0 Å². The van der Waals surface area contributed by atoms with Crippen LogP contribution in [-0.2, 0) is 0 Å². The maximum atomic E-state index is 14.4. The summed E-state index contributed by atoms with van der Waals surface area (Å²) in [5.74, 6) is -0.877. The molecule has 0 spiro atoms. The van der Waals surface area contributed by atoms with Gasteiger partial charge in [0.25, 0.3) is 5.91 Å². The Kier molecular flexibility index (Phi) is 4.18. The van der Waals surface area contributed by atoms with E-state index >= 15 is 0 Å². The number of β-amino-alcohol motifs (C(OH)–C–C–N with tert-alkyl or cyclic N) is 1. The Bertz CT molecular complexity index is 757. The number of aryl methyl sites for hydroxylation is 2. The molecule has 2 aromatic carbocycles. The molecule has 120 valence electrons. The molecule has 1 heterocycles. The highest BCUT2D eigenvalue weighted by atomic mass is 19.1. The van der Waals surface area contributed by atoms with Crippen LogP contribution >= 0.6 is 0 Å². The summed E-state index contributed by atoms with van der Waals surface area (Å²) in [4.78, 5) is 13.8. The Morgan fingerprint density at radius 2 is 1.83 bits per heavy atom. The quantitative estimate of drug-likeness (QED) is 0.924. The van der Waals surface area contributed by atoms with Gasteiger partial charge < -0.3 is 10.0 Å². The fraction of sp³-hybridized carbons (Fsp3) is 0.316. The van der Waals surface area contributed by atoms with Gasteiger partial charge in [0.15, 0.2) is 0 Å². The number of aliphatic hydroxyl groups is 1. The minimum absolute atomic E-state index is 0.0617. The molecule has 1 aliphatic heterocycles. The van der Waals surface area contributed by atoms with Crippen molar-refractivity contribution in [3.63, 3.8) is 0 Å². The number of carbonyl (C=O) groups excluding carboxylic acids is 1. The van der Waals surface area contributed by atoms with Gasteiger partial charge in [-0.2, -0.15) is 0 Å². The van der Waals surface area contributed by atoms with Crippen LogP contribution in [0.1, 0.15) is 27.9 Å². The molecule has 1 N–H and O–H groups in total. The van der Waals surface area contributed by atoms with E-state index in [1.54, 1.807) is 6.07 Å². The third-order valence-electron chi connectivity index (χ3n) is 4.49. The summed E-state index contributed by atoms with van der Waals surface area (Å²) in [5, 5.41) is 9.52. The highest BCUT2D eigenvalue weighted by Crippen LogP contribution is 2.25. The first-order valence-electron chi connectivity index (χ1n) is 7.80. The standard InChI is InChI=1S/C19H20FNO2/c1-12-3-4-14(9-13(12)2)15-5-6-17(18(20)10-15)19(23)21-8-7-16(22)11-21/h3-6,9-10,16,22H,7-8,11H2,1-2H3/t16-/m1/s1. The van der Waals surface area contributed by atoms with E-state index in [9.17, 15) is 14.3 Å². The highest BCUT2D eigenvalue weighted by Gasteiger charge is 2.27. The second-order valence-corrected chi connectivity index (χ2v) is 6.19. The molecule has 1 atom stereocenters. The number of hydrogen-bond acceptors (Lipinski definition) is 2. The first-order chi connectivity index (χ1) is 11.0. The van der Waals surface area contributed by atoms with E-state index < -0.39 is 11.9 Å². The van der Waals surface area contributed by atoms with Crippen LogP contribution in [0, 0.1) is 19.7 Å². The SMILES string of the molecule is Cc1ccc(-c2ccc(C(=O)N3CC[C@@H](O)C3)c(F)c2)cc1C. The third kappa shape index (κ3) is 3.13. The smallest absolute Gasteiger partial charge is 0.256 e. The molecule has 0 unspecified atom stereocenters. The van der Waals surface area contributed by atoms with Crippen molar-refractivity contribution in [1.29, 1.82) is 0 Å². The maximum Gasteiger partial charge on any atom is 0.256 e. The average Bonchev–Trinajstić information content (AvgIpc) is 2.96. The first-order valence-corrected chi connectivity index (χ1v) is 7.80. The summed E-state index contributed by atoms with van der Waals surface area (Å²) < 4.78 is 14.4. The lowest BCUT2D eigenvalue weighted by Crippen LogP contribution is -2.30. The lowest BCUT2D eigenvalue weighted by atomic mass is 9.99. The molecule has 0 saturated carbocycles. The summed E-state index contributed by atoms with van der Waals surface area (Å²) in [6, 6.07) is 10.7. The number of carbonyl (C=O) groups is 1. The van der Waals surface area contributed by atoms with Crippen molar-refractivity contribution in [1.82, 2.24) is 4.90 Å². The van der Waals surface area contributed by atoms with Gasteiger partial charge in [-0.1, -0.05) is 24.3 Å². The molecule has 1 saturated heterocycles. The molecule has 1 fully saturated rings. The second-order valence-electron chi connectivity index (χ2n) is 6.19. The highest BCUT2D eigenvalue weighted by molar-refractivity contribution is 5.95. The fourth-order valence-corrected chi connectivity index (χ4v) is 2.89. The number of hydrogen-bond donors (Lipinski definition) is 1. The predicted molar refractivity (Wildman–Crippen MR) is 87.8 cm³/mol. The van der Waals surface area contributed by atoms with Gasteiger partial charge >= 0.3 is 0 Å². The number of likely N-dealkylation sites (tertiary alicyclic amines) is 1. The van der Waals surface area contributed by atoms with Crippen LogP contribution in [0.5, 0.6) is 0 Å². The lowest BCUT2D eigenvalue weighted by Gasteiger charge is -2.16. The minimum Gasteiger partial charge on any atom is -0.391 e. The Balaban J connectivity index is 1.88. The van der Waals surface area contributed by atoms with Crippen molar-refractivity contribution in [2.75, 3.05) is 13.1 Å². The van der Waals surface area contributed by atoms with Gasteiger partial charge in [-0.25, -0.2) is 4.39 Å². The average molecular weight is 313 g/mol. The van der Waals surface area contributed by atoms with Gasteiger partial charge in [0.1, 0.15) is 5.82 Å². The maximum absolute atomic E-state index is 14.4. The van der Waals surface area contributed by atoms with Crippen LogP contribution in [0.25, 0.3) is 11.1 Å². The van der Waals surface area contributed by atoms with Gasteiger partial charge in [0, 0.05) is 13.1 Å². The molecule has 0 aliphatic carbocycles. The second kappa shape index (κ2) is 6.13. The number of aliphatic hydroxyl groups excluding tert-OH is 1. The molecule has 23 heavy (non-hydrogen) atoms. The zero-order valence-electron chi connectivity index (χ0n) is 13.3. The molecule has 0 bridgehead atoms. The van der Waals surface area contributed by atoms with E-state index in [1.807, 2.05) is 32.0 Å². The van der Waals surface area contributed by atoms with Crippen LogP contribution in [-0.4, -0.2) is 35.1 Å². The summed E-state index contributed by atoms with van der Waals surface area (Å²) in [7, 11) is 0. The Labute approximate surface area is 135 Å². The Morgan fingerprint density at radius 1 is 1.13 bits per heavy atom. The molecule has 0 aromatic heterocycles.